The van der Waals surface area contributed by atoms with Gasteiger partial charge in [0.25, 0.3) is 0 Å². The van der Waals surface area contributed by atoms with Gasteiger partial charge in [0.05, 0.1) is 18.8 Å². The lowest BCUT2D eigenvalue weighted by Gasteiger charge is -2.19. The summed E-state index contributed by atoms with van der Waals surface area (Å²) in [4.78, 5) is 12.4. The molecule has 0 bridgehead atoms. The Morgan fingerprint density at radius 1 is 0.436 bits per heavy atom. The zero-order valence-corrected chi connectivity index (χ0v) is 36.7. The Balaban J connectivity index is 3.48. The van der Waals surface area contributed by atoms with Crippen LogP contribution < -0.4 is 5.32 Å². The molecule has 4 heteroatoms. The lowest BCUT2D eigenvalue weighted by Crippen LogP contribution is -2.45. The van der Waals surface area contributed by atoms with Gasteiger partial charge in [-0.1, -0.05) is 222 Å². The molecule has 0 heterocycles. The summed E-state index contributed by atoms with van der Waals surface area (Å²) >= 11 is 0. The van der Waals surface area contributed by atoms with Gasteiger partial charge >= 0.3 is 0 Å². The Labute approximate surface area is 343 Å². The lowest BCUT2D eigenvalue weighted by molar-refractivity contribution is -0.123. The summed E-state index contributed by atoms with van der Waals surface area (Å²) in [6.45, 7) is 4.23. The number of aliphatic hydroxyl groups excluding tert-OH is 2. The lowest BCUT2D eigenvalue weighted by atomic mass is 10.0. The summed E-state index contributed by atoms with van der Waals surface area (Å²) < 4.78 is 0. The van der Waals surface area contributed by atoms with Crippen LogP contribution in [-0.4, -0.2) is 34.9 Å². The molecule has 1 amide bonds. The van der Waals surface area contributed by atoms with Crippen molar-refractivity contribution in [3.63, 3.8) is 0 Å². The Morgan fingerprint density at radius 2 is 0.782 bits per heavy atom. The van der Waals surface area contributed by atoms with Crippen LogP contribution in [0.2, 0.25) is 0 Å². The fraction of sp³-hybridized carbons (Fsp3) is 0.784. The van der Waals surface area contributed by atoms with Gasteiger partial charge in [-0.05, 0) is 70.6 Å². The molecular weight excluding hydrogens is 675 g/mol. The van der Waals surface area contributed by atoms with Crippen molar-refractivity contribution < 1.29 is 15.0 Å². The monoisotopic (exact) mass is 768 g/mol. The molecule has 2 atom stereocenters. The largest absolute Gasteiger partial charge is 0.394 e. The van der Waals surface area contributed by atoms with Crippen molar-refractivity contribution in [2.24, 2.45) is 0 Å². The molecular formula is C51H93NO3. The second-order valence-electron chi connectivity index (χ2n) is 16.2. The van der Waals surface area contributed by atoms with Crippen LogP contribution in [0.15, 0.2) is 60.8 Å². The average Bonchev–Trinajstić information content (AvgIpc) is 3.19. The number of nitrogens with one attached hydrogen (secondary N) is 1. The van der Waals surface area contributed by atoms with E-state index >= 15 is 0 Å². The zero-order chi connectivity index (χ0) is 40.0. The predicted molar refractivity (Wildman–Crippen MR) is 244 cm³/mol. The molecule has 0 aliphatic rings. The molecule has 0 aliphatic heterocycles. The number of hydrogen-bond acceptors (Lipinski definition) is 3. The van der Waals surface area contributed by atoms with E-state index in [-0.39, 0.29) is 12.5 Å². The van der Waals surface area contributed by atoms with Crippen LogP contribution in [0.3, 0.4) is 0 Å². The van der Waals surface area contributed by atoms with Gasteiger partial charge in [-0.2, -0.15) is 0 Å². The molecule has 0 spiro atoms. The Bertz CT molecular complexity index is 919. The number of amides is 1. The van der Waals surface area contributed by atoms with E-state index in [0.717, 1.165) is 44.9 Å². The van der Waals surface area contributed by atoms with E-state index in [0.29, 0.717) is 6.42 Å². The summed E-state index contributed by atoms with van der Waals surface area (Å²) in [5, 5.41) is 22.9. The third-order valence-electron chi connectivity index (χ3n) is 10.7. The van der Waals surface area contributed by atoms with Crippen molar-refractivity contribution in [2.75, 3.05) is 6.61 Å². The topological polar surface area (TPSA) is 69.6 Å². The third-order valence-corrected chi connectivity index (χ3v) is 10.7. The highest BCUT2D eigenvalue weighted by Gasteiger charge is 2.17. The van der Waals surface area contributed by atoms with Gasteiger partial charge in [0.2, 0.25) is 5.91 Å². The van der Waals surface area contributed by atoms with Crippen LogP contribution in [0.25, 0.3) is 0 Å². The molecule has 0 rings (SSSR count). The average molecular weight is 768 g/mol. The van der Waals surface area contributed by atoms with E-state index in [2.05, 4.69) is 67.8 Å². The Kier molecular flexibility index (Phi) is 44.9. The molecule has 2 unspecified atom stereocenters. The minimum atomic E-state index is -0.869. The molecule has 0 aliphatic carbocycles. The van der Waals surface area contributed by atoms with E-state index in [1.807, 2.05) is 6.08 Å². The molecule has 55 heavy (non-hydrogen) atoms. The number of aliphatic hydroxyl groups is 2. The predicted octanol–water partition coefficient (Wildman–Crippen LogP) is 15.3. The minimum Gasteiger partial charge on any atom is -0.394 e. The van der Waals surface area contributed by atoms with Gasteiger partial charge in [0.1, 0.15) is 0 Å². The maximum Gasteiger partial charge on any atom is 0.220 e. The second-order valence-corrected chi connectivity index (χ2v) is 16.2. The number of unbranched alkanes of at least 4 members (excludes halogenated alkanes) is 28. The van der Waals surface area contributed by atoms with Crippen molar-refractivity contribution in [3.05, 3.63) is 60.8 Å². The first-order valence-corrected chi connectivity index (χ1v) is 24.0. The summed E-state index contributed by atoms with van der Waals surface area (Å²) in [5.41, 5.74) is 0. The van der Waals surface area contributed by atoms with Gasteiger partial charge in [0.15, 0.2) is 0 Å². The highest BCUT2D eigenvalue weighted by molar-refractivity contribution is 5.76. The number of allylic oxidation sites excluding steroid dienone is 9. The van der Waals surface area contributed by atoms with Crippen LogP contribution in [-0.2, 0) is 4.79 Å². The van der Waals surface area contributed by atoms with Gasteiger partial charge in [-0.25, -0.2) is 0 Å². The molecule has 0 saturated carbocycles. The Morgan fingerprint density at radius 3 is 1.22 bits per heavy atom. The van der Waals surface area contributed by atoms with E-state index in [9.17, 15) is 15.0 Å². The number of rotatable bonds is 43. The normalized spacial score (nSPS) is 13.5. The van der Waals surface area contributed by atoms with Crippen molar-refractivity contribution in [3.8, 4) is 0 Å². The first-order chi connectivity index (χ1) is 27.2. The molecule has 0 aromatic heterocycles. The van der Waals surface area contributed by atoms with Crippen LogP contribution in [0.4, 0.5) is 0 Å². The van der Waals surface area contributed by atoms with Crippen LogP contribution in [0.5, 0.6) is 0 Å². The van der Waals surface area contributed by atoms with Crippen LogP contribution in [0.1, 0.15) is 239 Å². The molecule has 320 valence electrons. The summed E-state index contributed by atoms with van der Waals surface area (Å²) in [5.74, 6) is -0.0786. The molecule has 3 N–H and O–H groups in total. The van der Waals surface area contributed by atoms with Gasteiger partial charge in [0, 0.05) is 6.42 Å². The zero-order valence-electron chi connectivity index (χ0n) is 36.7. The number of carbonyl (C=O) groups excluding carboxylic acids is 1. The molecule has 0 saturated heterocycles. The fourth-order valence-corrected chi connectivity index (χ4v) is 6.99. The fourth-order valence-electron chi connectivity index (χ4n) is 6.99. The Hall–Kier alpha value is -1.91. The number of carbonyl (C=O) groups is 1. The highest BCUT2D eigenvalue weighted by atomic mass is 16.3. The maximum atomic E-state index is 12.4. The first kappa shape index (κ1) is 53.1. The molecule has 0 fully saturated rings. The van der Waals surface area contributed by atoms with E-state index < -0.39 is 12.1 Å². The SMILES string of the molecule is CCCC/C=C/CC/C=C/CC/C=C/C(O)C(CO)NC(=O)CCCCCCCCCCCCCCCCCCCCC/C=C\C/C=C\CCCCCCC. The third kappa shape index (κ3) is 43.1. The van der Waals surface area contributed by atoms with E-state index in [1.165, 1.54) is 173 Å². The standard InChI is InChI=1S/C51H93NO3/c1-3-5-7-9-11-13-15-17-18-19-20-21-22-23-24-25-26-27-28-29-30-31-32-33-34-35-37-39-41-43-45-47-51(55)52-49(48-53)50(54)46-44-42-40-38-36-16-14-12-10-8-6-4-2/h10,12,15,17,19-20,36,38,44,46,49-50,53-54H,3-9,11,13-14,16,18,21-35,37,39-43,45,47-48H2,1-2H3,(H,52,55)/b12-10+,17-15-,20-19-,38-36+,46-44+. The van der Waals surface area contributed by atoms with Crippen molar-refractivity contribution >= 4 is 5.91 Å². The molecule has 4 nitrogen and oxygen atoms in total. The van der Waals surface area contributed by atoms with Gasteiger partial charge < -0.3 is 15.5 Å². The van der Waals surface area contributed by atoms with Gasteiger partial charge in [-0.3, -0.25) is 4.79 Å². The quantitative estimate of drug-likeness (QED) is 0.0427. The molecule has 0 aromatic rings. The van der Waals surface area contributed by atoms with E-state index in [4.69, 9.17) is 0 Å². The van der Waals surface area contributed by atoms with Crippen LogP contribution in [0, 0.1) is 0 Å². The molecule has 0 aromatic carbocycles. The minimum absolute atomic E-state index is 0.0786. The summed E-state index contributed by atoms with van der Waals surface area (Å²) in [7, 11) is 0. The molecule has 0 radical (unpaired) electrons. The van der Waals surface area contributed by atoms with E-state index in [1.54, 1.807) is 6.08 Å². The van der Waals surface area contributed by atoms with Crippen molar-refractivity contribution in [1.82, 2.24) is 5.32 Å². The smallest absolute Gasteiger partial charge is 0.220 e. The van der Waals surface area contributed by atoms with Crippen molar-refractivity contribution in [2.45, 2.75) is 251 Å². The number of hydrogen-bond donors (Lipinski definition) is 3. The van der Waals surface area contributed by atoms with Crippen molar-refractivity contribution in [1.29, 1.82) is 0 Å². The van der Waals surface area contributed by atoms with Gasteiger partial charge in [-0.15, -0.1) is 0 Å². The summed E-state index contributed by atoms with van der Waals surface area (Å²) in [6.07, 6.45) is 65.0. The second kappa shape index (κ2) is 46.5. The van der Waals surface area contributed by atoms with Crippen LogP contribution >= 0.6 is 0 Å². The maximum absolute atomic E-state index is 12.4. The first-order valence-electron chi connectivity index (χ1n) is 24.0. The summed E-state index contributed by atoms with van der Waals surface area (Å²) in [6, 6.07) is -0.644. The highest BCUT2D eigenvalue weighted by Crippen LogP contribution is 2.15.